The molecule has 2 saturated heterocycles. The highest BCUT2D eigenvalue weighted by molar-refractivity contribution is 6.11. The van der Waals surface area contributed by atoms with Crippen molar-refractivity contribution in [1.82, 2.24) is 9.80 Å². The summed E-state index contributed by atoms with van der Waals surface area (Å²) >= 11 is 0. The summed E-state index contributed by atoms with van der Waals surface area (Å²) in [7, 11) is 5.03. The van der Waals surface area contributed by atoms with E-state index in [1.165, 1.54) is 32.2 Å². The fourth-order valence-electron chi connectivity index (χ4n) is 5.00. The van der Waals surface area contributed by atoms with Gasteiger partial charge in [0.05, 0.1) is 17.9 Å². The first-order valence-electron chi connectivity index (χ1n) is 10.4. The Hall–Kier alpha value is -3.75. The molecule has 2 aliphatic heterocycles. The first kappa shape index (κ1) is 22.4. The number of carbonyl (C=O) groups excluding carboxylic acids is 3. The molecule has 33 heavy (non-hydrogen) atoms. The third-order valence-electron chi connectivity index (χ3n) is 6.77. The first-order chi connectivity index (χ1) is 15.5. The van der Waals surface area contributed by atoms with Crippen molar-refractivity contribution in [3.8, 4) is 0 Å². The molecule has 0 spiro atoms. The summed E-state index contributed by atoms with van der Waals surface area (Å²) in [4.78, 5) is 56.3. The number of rotatable bonds is 4. The molecule has 4 atom stereocenters. The van der Waals surface area contributed by atoms with Gasteiger partial charge in [0.2, 0.25) is 11.8 Å². The van der Waals surface area contributed by atoms with Crippen molar-refractivity contribution < 1.29 is 28.7 Å². The van der Waals surface area contributed by atoms with E-state index in [1.54, 1.807) is 24.3 Å². The zero-order valence-electron chi connectivity index (χ0n) is 18.7. The zero-order valence-corrected chi connectivity index (χ0v) is 18.7. The molecule has 2 fully saturated rings. The van der Waals surface area contributed by atoms with E-state index in [2.05, 4.69) is 0 Å². The third kappa shape index (κ3) is 3.18. The van der Waals surface area contributed by atoms with Crippen LogP contribution in [0.2, 0.25) is 0 Å². The van der Waals surface area contributed by atoms with Gasteiger partial charge >= 0.3 is 5.97 Å². The van der Waals surface area contributed by atoms with Crippen LogP contribution in [0.1, 0.15) is 28.9 Å². The Balaban J connectivity index is 1.94. The molecule has 2 aliphatic rings. The van der Waals surface area contributed by atoms with Gasteiger partial charge < -0.3 is 14.9 Å². The topological polar surface area (TPSA) is 98.2 Å². The van der Waals surface area contributed by atoms with E-state index in [0.717, 1.165) is 21.6 Å². The van der Waals surface area contributed by atoms with Crippen molar-refractivity contribution in [3.05, 3.63) is 65.5 Å². The Morgan fingerprint density at radius 1 is 1.06 bits per heavy atom. The van der Waals surface area contributed by atoms with E-state index < -0.39 is 52.9 Å². The van der Waals surface area contributed by atoms with Crippen LogP contribution in [0.5, 0.6) is 0 Å². The Labute approximate surface area is 190 Å². The molecule has 0 aromatic heterocycles. The molecule has 9 heteroatoms. The molecular weight excluding hydrogens is 429 g/mol. The van der Waals surface area contributed by atoms with Gasteiger partial charge in [0.25, 0.3) is 5.91 Å². The van der Waals surface area contributed by atoms with Crippen molar-refractivity contribution in [3.63, 3.8) is 0 Å². The van der Waals surface area contributed by atoms with Crippen LogP contribution < -0.4 is 4.90 Å². The molecule has 4 rings (SSSR count). The number of hydrogen-bond donors (Lipinski definition) is 1. The highest BCUT2D eigenvalue weighted by Gasteiger charge is 2.71. The average molecular weight is 453 g/mol. The van der Waals surface area contributed by atoms with Gasteiger partial charge in [-0.05, 0) is 42.8 Å². The van der Waals surface area contributed by atoms with Crippen LogP contribution in [0.25, 0.3) is 0 Å². The monoisotopic (exact) mass is 453 g/mol. The molecular formula is C24H24FN3O5. The predicted molar refractivity (Wildman–Crippen MR) is 117 cm³/mol. The van der Waals surface area contributed by atoms with Crippen LogP contribution in [-0.4, -0.2) is 65.3 Å². The number of imide groups is 1. The number of carbonyl (C=O) groups is 4. The second-order valence-corrected chi connectivity index (χ2v) is 8.81. The Bertz CT molecular complexity index is 1160. The van der Waals surface area contributed by atoms with Gasteiger partial charge in [0.15, 0.2) is 5.54 Å². The summed E-state index contributed by atoms with van der Waals surface area (Å²) in [6.45, 7) is 1.28. The van der Waals surface area contributed by atoms with Gasteiger partial charge in [-0.3, -0.25) is 19.3 Å². The van der Waals surface area contributed by atoms with Crippen LogP contribution in [-0.2, 0) is 14.4 Å². The maximum Gasteiger partial charge on any atom is 0.330 e. The summed E-state index contributed by atoms with van der Waals surface area (Å²) in [5, 5.41) is 10.3. The normalized spacial score (nSPS) is 26.5. The van der Waals surface area contributed by atoms with Crippen molar-refractivity contribution in [1.29, 1.82) is 0 Å². The van der Waals surface area contributed by atoms with Gasteiger partial charge in [-0.2, -0.15) is 0 Å². The van der Waals surface area contributed by atoms with Crippen LogP contribution in [0.4, 0.5) is 10.1 Å². The van der Waals surface area contributed by atoms with Gasteiger partial charge in [-0.1, -0.05) is 18.2 Å². The van der Waals surface area contributed by atoms with Gasteiger partial charge in [0.1, 0.15) is 5.82 Å². The highest BCUT2D eigenvalue weighted by atomic mass is 19.1. The standard InChI is InChI=1S/C24H24FN3O5/c1-24(23(32)33)18-17(21(30)27(4)22(18)31)19(13-8-10-16(11-9-13)26(2)3)28(24)20(29)14-6-5-7-15(25)12-14/h5-12,17-19H,1-4H3,(H,32,33). The molecule has 172 valence electrons. The number of likely N-dealkylation sites (tertiary alicyclic amines) is 2. The lowest BCUT2D eigenvalue weighted by Crippen LogP contribution is -2.57. The maximum atomic E-state index is 13.9. The van der Waals surface area contributed by atoms with Crippen molar-refractivity contribution in [2.45, 2.75) is 18.5 Å². The van der Waals surface area contributed by atoms with Crippen molar-refractivity contribution in [2.75, 3.05) is 26.0 Å². The number of benzene rings is 2. The molecule has 0 radical (unpaired) electrons. The third-order valence-corrected chi connectivity index (χ3v) is 6.77. The summed E-state index contributed by atoms with van der Waals surface area (Å²) in [6, 6.07) is 10.9. The average Bonchev–Trinajstić information content (AvgIpc) is 3.19. The number of anilines is 1. The molecule has 0 aliphatic carbocycles. The quantitative estimate of drug-likeness (QED) is 0.713. The van der Waals surface area contributed by atoms with E-state index in [9.17, 15) is 28.7 Å². The van der Waals surface area contributed by atoms with E-state index in [0.29, 0.717) is 5.56 Å². The zero-order chi connectivity index (χ0) is 24.2. The maximum absolute atomic E-state index is 13.9. The first-order valence-corrected chi connectivity index (χ1v) is 10.4. The van der Waals surface area contributed by atoms with Crippen LogP contribution in [0.15, 0.2) is 48.5 Å². The number of carboxylic acids is 1. The fraction of sp³-hybridized carbons (Fsp3) is 0.333. The van der Waals surface area contributed by atoms with Crippen molar-refractivity contribution in [2.24, 2.45) is 11.8 Å². The molecule has 3 amide bonds. The molecule has 4 unspecified atom stereocenters. The highest BCUT2D eigenvalue weighted by Crippen LogP contribution is 2.55. The summed E-state index contributed by atoms with van der Waals surface area (Å²) < 4.78 is 13.9. The molecule has 2 aromatic rings. The SMILES string of the molecule is CN1C(=O)C2C(c3ccc(N(C)C)cc3)N(C(=O)c3cccc(F)c3)C(C)(C(=O)O)C2C1=O. The number of amides is 3. The number of halogens is 1. The van der Waals surface area contributed by atoms with Gasteiger partial charge in [-0.25, -0.2) is 9.18 Å². The van der Waals surface area contributed by atoms with Crippen LogP contribution >= 0.6 is 0 Å². The number of hydrogen-bond acceptors (Lipinski definition) is 5. The second-order valence-electron chi connectivity index (χ2n) is 8.81. The van der Waals surface area contributed by atoms with Gasteiger partial charge in [0, 0.05) is 32.4 Å². The summed E-state index contributed by atoms with van der Waals surface area (Å²) in [6.07, 6.45) is 0. The Morgan fingerprint density at radius 2 is 1.70 bits per heavy atom. The molecule has 0 saturated carbocycles. The van der Waals surface area contributed by atoms with Crippen molar-refractivity contribution >= 4 is 29.4 Å². The van der Waals surface area contributed by atoms with E-state index in [1.807, 2.05) is 19.0 Å². The molecule has 1 N–H and O–H groups in total. The minimum absolute atomic E-state index is 0.0642. The lowest BCUT2D eigenvalue weighted by Gasteiger charge is -2.38. The Morgan fingerprint density at radius 3 is 2.24 bits per heavy atom. The molecule has 0 bridgehead atoms. The minimum atomic E-state index is -2.02. The van der Waals surface area contributed by atoms with Crippen LogP contribution in [0.3, 0.4) is 0 Å². The van der Waals surface area contributed by atoms with E-state index in [-0.39, 0.29) is 5.56 Å². The summed E-state index contributed by atoms with van der Waals surface area (Å²) in [5.74, 6) is -6.39. The van der Waals surface area contributed by atoms with E-state index >= 15 is 0 Å². The molecule has 2 heterocycles. The minimum Gasteiger partial charge on any atom is -0.479 e. The predicted octanol–water partition coefficient (Wildman–Crippen LogP) is 2.16. The number of fused-ring (bicyclic) bond motifs is 1. The largest absolute Gasteiger partial charge is 0.479 e. The number of carboxylic acid groups (broad SMARTS) is 1. The van der Waals surface area contributed by atoms with Crippen LogP contribution in [0, 0.1) is 17.7 Å². The number of nitrogens with zero attached hydrogens (tertiary/aromatic N) is 3. The second kappa shape index (κ2) is 7.68. The molecule has 8 nitrogen and oxygen atoms in total. The summed E-state index contributed by atoms with van der Waals surface area (Å²) in [5.41, 5.74) is -0.702. The van der Waals surface area contributed by atoms with Gasteiger partial charge in [-0.15, -0.1) is 0 Å². The Kier molecular flexibility index (Phi) is 5.23. The fourth-order valence-corrected chi connectivity index (χ4v) is 5.00. The lowest BCUT2D eigenvalue weighted by molar-refractivity contribution is -0.154. The molecule has 2 aromatic carbocycles. The number of aliphatic carboxylic acids is 1. The van der Waals surface area contributed by atoms with E-state index in [4.69, 9.17) is 0 Å². The smallest absolute Gasteiger partial charge is 0.330 e. The lowest BCUT2D eigenvalue weighted by atomic mass is 9.80.